The number of carbonyl (C=O) groups excluding carboxylic acids is 2. The van der Waals surface area contributed by atoms with Gasteiger partial charge in [0.2, 0.25) is 11.8 Å². The maximum atomic E-state index is 13.6. The topological polar surface area (TPSA) is 89.3 Å². The van der Waals surface area contributed by atoms with Crippen LogP contribution in [0, 0.1) is 23.2 Å². The number of amides is 2. The number of benzene rings is 1. The smallest absolute Gasteiger partial charge is 0.226 e. The summed E-state index contributed by atoms with van der Waals surface area (Å²) in [6.07, 6.45) is 4.84. The lowest BCUT2D eigenvalue weighted by atomic mass is 9.77. The van der Waals surface area contributed by atoms with Gasteiger partial charge in [0.15, 0.2) is 5.13 Å². The second-order valence-corrected chi connectivity index (χ2v) is 10.5. The Bertz CT molecular complexity index is 1040. The molecule has 168 valence electrons. The lowest BCUT2D eigenvalue weighted by Crippen LogP contribution is -2.57. The monoisotopic (exact) mass is 451 g/mol. The van der Waals surface area contributed by atoms with E-state index in [-0.39, 0.29) is 29.7 Å². The van der Waals surface area contributed by atoms with Gasteiger partial charge in [-0.2, -0.15) is 5.26 Å². The molecule has 0 unspecified atom stereocenters. The van der Waals surface area contributed by atoms with Crippen LogP contribution in [-0.2, 0) is 9.59 Å². The molecule has 1 saturated heterocycles. The first-order valence-electron chi connectivity index (χ1n) is 11.6. The van der Waals surface area contributed by atoms with Crippen LogP contribution in [0.1, 0.15) is 45.4 Å². The van der Waals surface area contributed by atoms with Crippen molar-refractivity contribution in [3.05, 3.63) is 24.3 Å². The van der Waals surface area contributed by atoms with Crippen LogP contribution in [0.2, 0.25) is 0 Å². The number of hydrogen-bond donors (Lipinski definition) is 1. The van der Waals surface area contributed by atoms with Crippen molar-refractivity contribution >= 4 is 38.5 Å². The summed E-state index contributed by atoms with van der Waals surface area (Å²) in [6.45, 7) is 4.22. The zero-order valence-corrected chi connectivity index (χ0v) is 19.2. The second kappa shape index (κ2) is 8.36. The highest BCUT2D eigenvalue weighted by atomic mass is 32.1. The Labute approximate surface area is 192 Å². The van der Waals surface area contributed by atoms with Gasteiger partial charge in [0.05, 0.1) is 16.3 Å². The van der Waals surface area contributed by atoms with Crippen LogP contribution in [-0.4, -0.2) is 52.9 Å². The quantitative estimate of drug-likeness (QED) is 0.770. The van der Waals surface area contributed by atoms with E-state index in [1.165, 1.54) is 4.70 Å². The van der Waals surface area contributed by atoms with Crippen LogP contribution in [0.15, 0.2) is 24.3 Å². The van der Waals surface area contributed by atoms with Crippen molar-refractivity contribution in [1.82, 2.24) is 15.2 Å². The molecule has 3 atom stereocenters. The summed E-state index contributed by atoms with van der Waals surface area (Å²) in [5.74, 6) is -0.614. The molecule has 2 heterocycles. The summed E-state index contributed by atoms with van der Waals surface area (Å²) in [5, 5.41) is 13.3. The van der Waals surface area contributed by atoms with Crippen molar-refractivity contribution in [2.75, 3.05) is 24.5 Å². The van der Waals surface area contributed by atoms with Crippen LogP contribution in [0.4, 0.5) is 5.13 Å². The molecule has 0 radical (unpaired) electrons. The van der Waals surface area contributed by atoms with Gasteiger partial charge in [0.25, 0.3) is 0 Å². The number of nitrogens with zero attached hydrogens (tertiary/aromatic N) is 4. The highest BCUT2D eigenvalue weighted by Gasteiger charge is 2.48. The number of carbonyl (C=O) groups is 2. The molecule has 1 aromatic carbocycles. The number of hydrogen-bond acceptors (Lipinski definition) is 6. The molecule has 1 aromatic heterocycles. The van der Waals surface area contributed by atoms with Gasteiger partial charge in [-0.25, -0.2) is 4.98 Å². The fourth-order valence-electron chi connectivity index (χ4n) is 5.13. The summed E-state index contributed by atoms with van der Waals surface area (Å²) in [4.78, 5) is 35.5. The number of para-hydroxylation sites is 1. The number of rotatable bonds is 4. The fourth-order valence-corrected chi connectivity index (χ4v) is 6.13. The third-order valence-electron chi connectivity index (χ3n) is 7.21. The predicted octanol–water partition coefficient (Wildman–Crippen LogP) is 3.31. The molecule has 32 heavy (non-hydrogen) atoms. The maximum Gasteiger partial charge on any atom is 0.226 e. The third-order valence-corrected chi connectivity index (χ3v) is 8.31. The SMILES string of the molecule is C[C@@H]1CN(c2nc3ccccc3s2)CCN1C(=O)[C@@H]1CCCC[C@H]1C(=O)NC1(C#N)CC1. The van der Waals surface area contributed by atoms with E-state index < -0.39 is 5.54 Å². The van der Waals surface area contributed by atoms with Gasteiger partial charge >= 0.3 is 0 Å². The average Bonchev–Trinajstić information content (AvgIpc) is 3.45. The summed E-state index contributed by atoms with van der Waals surface area (Å²) in [5.41, 5.74) is 0.332. The summed E-state index contributed by atoms with van der Waals surface area (Å²) >= 11 is 1.69. The molecule has 2 amide bonds. The number of thiazole rings is 1. The van der Waals surface area contributed by atoms with Gasteiger partial charge in [-0.15, -0.1) is 0 Å². The molecule has 3 fully saturated rings. The minimum absolute atomic E-state index is 0.0581. The molecule has 7 nitrogen and oxygen atoms in total. The molecule has 1 N–H and O–H groups in total. The standard InChI is InChI=1S/C24H29N5O2S/c1-16-14-28(23-26-19-8-4-5-9-20(19)32-23)12-13-29(16)22(31)18-7-3-2-6-17(18)21(30)27-24(15-25)10-11-24/h4-5,8-9,16-18H,2-3,6-7,10-14H2,1H3,(H,27,30)/t16-,17-,18-/m1/s1. The van der Waals surface area contributed by atoms with E-state index in [0.717, 1.165) is 49.4 Å². The first kappa shape index (κ1) is 21.2. The minimum atomic E-state index is -0.682. The first-order chi connectivity index (χ1) is 15.5. The van der Waals surface area contributed by atoms with Gasteiger partial charge in [-0.1, -0.05) is 36.3 Å². The zero-order valence-electron chi connectivity index (χ0n) is 18.4. The molecule has 0 spiro atoms. The summed E-state index contributed by atoms with van der Waals surface area (Å²) in [6, 6.07) is 10.4. The van der Waals surface area contributed by atoms with E-state index in [1.54, 1.807) is 11.3 Å². The van der Waals surface area contributed by atoms with Gasteiger partial charge in [0.1, 0.15) is 5.54 Å². The lowest BCUT2D eigenvalue weighted by Gasteiger charge is -2.43. The van der Waals surface area contributed by atoms with Crippen LogP contribution in [0.3, 0.4) is 0 Å². The molecule has 0 bridgehead atoms. The van der Waals surface area contributed by atoms with E-state index in [9.17, 15) is 14.9 Å². The Hall–Kier alpha value is -2.66. The molecule has 2 aliphatic carbocycles. The highest BCUT2D eigenvalue weighted by molar-refractivity contribution is 7.22. The average molecular weight is 452 g/mol. The van der Waals surface area contributed by atoms with E-state index in [2.05, 4.69) is 29.3 Å². The normalized spacial score (nSPS) is 27.1. The van der Waals surface area contributed by atoms with Gasteiger partial charge in [0, 0.05) is 37.5 Å². The van der Waals surface area contributed by atoms with E-state index in [4.69, 9.17) is 4.98 Å². The molecule has 8 heteroatoms. The van der Waals surface area contributed by atoms with Crippen molar-refractivity contribution in [3.8, 4) is 6.07 Å². The Kier molecular flexibility index (Phi) is 5.54. The van der Waals surface area contributed by atoms with Crippen LogP contribution in [0.25, 0.3) is 10.2 Å². The lowest BCUT2D eigenvalue weighted by molar-refractivity contribution is -0.145. The number of anilines is 1. The van der Waals surface area contributed by atoms with Gasteiger partial charge in [-0.3, -0.25) is 9.59 Å². The Morgan fingerprint density at radius 2 is 1.94 bits per heavy atom. The Morgan fingerprint density at radius 1 is 1.19 bits per heavy atom. The van der Waals surface area contributed by atoms with Crippen molar-refractivity contribution in [2.45, 2.75) is 57.0 Å². The fraction of sp³-hybridized carbons (Fsp3) is 0.583. The largest absolute Gasteiger partial charge is 0.344 e. The Balaban J connectivity index is 1.26. The molecule has 5 rings (SSSR count). The number of fused-ring (bicyclic) bond motifs is 1. The van der Waals surface area contributed by atoms with Crippen LogP contribution < -0.4 is 10.2 Å². The molecule has 2 saturated carbocycles. The summed E-state index contributed by atoms with van der Waals surface area (Å²) in [7, 11) is 0. The van der Waals surface area contributed by atoms with E-state index in [0.29, 0.717) is 19.4 Å². The minimum Gasteiger partial charge on any atom is -0.344 e. The number of aromatic nitrogens is 1. The van der Waals surface area contributed by atoms with Gasteiger partial charge in [-0.05, 0) is 44.7 Å². The van der Waals surface area contributed by atoms with Crippen molar-refractivity contribution in [3.63, 3.8) is 0 Å². The number of nitriles is 1. The first-order valence-corrected chi connectivity index (χ1v) is 12.5. The Morgan fingerprint density at radius 3 is 2.62 bits per heavy atom. The molecule has 2 aromatic rings. The third kappa shape index (κ3) is 3.95. The maximum absolute atomic E-state index is 13.6. The van der Waals surface area contributed by atoms with Crippen LogP contribution in [0.5, 0.6) is 0 Å². The predicted molar refractivity (Wildman–Crippen MR) is 124 cm³/mol. The van der Waals surface area contributed by atoms with Crippen molar-refractivity contribution in [2.24, 2.45) is 11.8 Å². The second-order valence-electron chi connectivity index (χ2n) is 9.47. The number of piperazine rings is 1. The van der Waals surface area contributed by atoms with Crippen molar-refractivity contribution in [1.29, 1.82) is 5.26 Å². The molecule has 3 aliphatic rings. The van der Waals surface area contributed by atoms with Gasteiger partial charge < -0.3 is 15.1 Å². The van der Waals surface area contributed by atoms with E-state index >= 15 is 0 Å². The highest BCUT2D eigenvalue weighted by Crippen LogP contribution is 2.38. The summed E-state index contributed by atoms with van der Waals surface area (Å²) < 4.78 is 1.18. The van der Waals surface area contributed by atoms with E-state index in [1.807, 2.05) is 23.1 Å². The number of nitrogens with one attached hydrogen (secondary N) is 1. The zero-order chi connectivity index (χ0) is 22.3. The molecule has 1 aliphatic heterocycles. The van der Waals surface area contributed by atoms with Crippen LogP contribution >= 0.6 is 11.3 Å². The molecular weight excluding hydrogens is 422 g/mol. The molecular formula is C24H29N5O2S. The van der Waals surface area contributed by atoms with Crippen molar-refractivity contribution < 1.29 is 9.59 Å².